The van der Waals surface area contributed by atoms with Crippen LogP contribution in [0.4, 0.5) is 5.95 Å². The number of fused-ring (bicyclic) bond motifs is 3. The Kier molecular flexibility index (Phi) is 5.22. The first kappa shape index (κ1) is 19.6. The summed E-state index contributed by atoms with van der Waals surface area (Å²) in [7, 11) is 2.99. The number of nitrogens with one attached hydrogen (secondary N) is 1. The van der Waals surface area contributed by atoms with Gasteiger partial charge in [0.2, 0.25) is 5.95 Å². The molecule has 1 atom stereocenters. The monoisotopic (exact) mass is 405 g/mol. The van der Waals surface area contributed by atoms with E-state index in [1.165, 1.54) is 7.11 Å². The van der Waals surface area contributed by atoms with Crippen molar-refractivity contribution in [1.82, 2.24) is 19.6 Å². The van der Waals surface area contributed by atoms with Crippen LogP contribution in [0.25, 0.3) is 27.9 Å². The second-order valence-corrected chi connectivity index (χ2v) is 7.24. The zero-order valence-electron chi connectivity index (χ0n) is 17.3. The Morgan fingerprint density at radius 2 is 1.87 bits per heavy atom. The lowest BCUT2D eigenvalue weighted by atomic mass is 10.1. The Balaban J connectivity index is 1.90. The van der Waals surface area contributed by atoms with Gasteiger partial charge in [-0.25, -0.2) is 14.8 Å². The predicted octanol–water partition coefficient (Wildman–Crippen LogP) is 3.56. The van der Waals surface area contributed by atoms with Gasteiger partial charge < -0.3 is 14.8 Å². The number of nitrogens with zero attached hydrogens (tertiary/aromatic N) is 4. The number of carbonyl (C=O) groups excluding carboxylic acids is 1. The molecule has 0 amide bonds. The molecule has 8 nitrogen and oxygen atoms in total. The molecule has 30 heavy (non-hydrogen) atoms. The standard InChI is InChI=1S/C22H23N5O3/c1-13(2)18(21(28)30-4)24-22-23-17-11-6-5-10-16(17)20-25-19(26-27(20)22)14-8-7-9-15(12-14)29-3/h5-13,18H,1-4H3,(H,23,24). The van der Waals surface area contributed by atoms with Gasteiger partial charge in [0.15, 0.2) is 11.5 Å². The number of aromatic nitrogens is 4. The van der Waals surface area contributed by atoms with Gasteiger partial charge in [0.1, 0.15) is 11.8 Å². The topological polar surface area (TPSA) is 90.6 Å². The van der Waals surface area contributed by atoms with E-state index in [9.17, 15) is 4.79 Å². The summed E-state index contributed by atoms with van der Waals surface area (Å²) in [4.78, 5) is 21.7. The van der Waals surface area contributed by atoms with Gasteiger partial charge in [-0.2, -0.15) is 4.52 Å². The molecule has 0 aliphatic carbocycles. The average Bonchev–Trinajstić information content (AvgIpc) is 3.22. The van der Waals surface area contributed by atoms with E-state index < -0.39 is 6.04 Å². The minimum Gasteiger partial charge on any atom is -0.497 e. The van der Waals surface area contributed by atoms with Crippen LogP contribution in [-0.2, 0) is 9.53 Å². The quantitative estimate of drug-likeness (QED) is 0.491. The van der Waals surface area contributed by atoms with Gasteiger partial charge in [-0.15, -0.1) is 5.10 Å². The van der Waals surface area contributed by atoms with Gasteiger partial charge in [0.25, 0.3) is 0 Å². The number of benzene rings is 2. The van der Waals surface area contributed by atoms with Gasteiger partial charge in [-0.1, -0.05) is 38.1 Å². The third kappa shape index (κ3) is 3.52. The Morgan fingerprint density at radius 1 is 1.07 bits per heavy atom. The van der Waals surface area contributed by atoms with Crippen molar-refractivity contribution in [2.75, 3.05) is 19.5 Å². The SMILES string of the molecule is COC(=O)C(Nc1nc2ccccc2c2nc(-c3cccc(OC)c3)nn12)C(C)C. The highest BCUT2D eigenvalue weighted by Crippen LogP contribution is 2.26. The molecule has 1 unspecified atom stereocenters. The van der Waals surface area contributed by atoms with Gasteiger partial charge in [-0.05, 0) is 30.2 Å². The highest BCUT2D eigenvalue weighted by Gasteiger charge is 2.25. The van der Waals surface area contributed by atoms with E-state index in [0.717, 1.165) is 22.2 Å². The van der Waals surface area contributed by atoms with Crippen molar-refractivity contribution in [2.45, 2.75) is 19.9 Å². The zero-order valence-corrected chi connectivity index (χ0v) is 17.3. The maximum atomic E-state index is 12.3. The molecule has 2 heterocycles. The van der Waals surface area contributed by atoms with Gasteiger partial charge in [0.05, 0.1) is 19.7 Å². The Hall–Kier alpha value is -3.68. The van der Waals surface area contributed by atoms with Crippen molar-refractivity contribution in [3.8, 4) is 17.1 Å². The molecule has 4 rings (SSSR count). The molecule has 0 saturated carbocycles. The number of anilines is 1. The van der Waals surface area contributed by atoms with Crippen LogP contribution < -0.4 is 10.1 Å². The van der Waals surface area contributed by atoms with E-state index in [1.54, 1.807) is 11.6 Å². The van der Waals surface area contributed by atoms with Gasteiger partial charge >= 0.3 is 5.97 Å². The summed E-state index contributed by atoms with van der Waals surface area (Å²) in [5.74, 6) is 1.31. The second-order valence-electron chi connectivity index (χ2n) is 7.24. The molecule has 2 aromatic heterocycles. The highest BCUT2D eigenvalue weighted by molar-refractivity contribution is 5.93. The summed E-state index contributed by atoms with van der Waals surface area (Å²) in [5.41, 5.74) is 2.22. The van der Waals surface area contributed by atoms with Crippen molar-refractivity contribution < 1.29 is 14.3 Å². The summed E-state index contributed by atoms with van der Waals surface area (Å²) < 4.78 is 11.9. The summed E-state index contributed by atoms with van der Waals surface area (Å²) in [6.45, 7) is 3.88. The van der Waals surface area contributed by atoms with E-state index in [0.29, 0.717) is 17.4 Å². The van der Waals surface area contributed by atoms with Crippen LogP contribution in [0.15, 0.2) is 48.5 Å². The van der Waals surface area contributed by atoms with E-state index in [4.69, 9.17) is 19.4 Å². The second kappa shape index (κ2) is 7.98. The molecular formula is C22H23N5O3. The van der Waals surface area contributed by atoms with Crippen LogP contribution in [0.2, 0.25) is 0 Å². The molecule has 0 radical (unpaired) electrons. The number of hydrogen-bond acceptors (Lipinski definition) is 7. The lowest BCUT2D eigenvalue weighted by Gasteiger charge is -2.20. The van der Waals surface area contributed by atoms with E-state index in [2.05, 4.69) is 10.4 Å². The fourth-order valence-corrected chi connectivity index (χ4v) is 3.30. The molecule has 1 N–H and O–H groups in total. The summed E-state index contributed by atoms with van der Waals surface area (Å²) in [6.07, 6.45) is 0. The summed E-state index contributed by atoms with van der Waals surface area (Å²) in [6, 6.07) is 14.7. The Labute approximate surface area is 173 Å². The molecule has 0 aliphatic rings. The maximum Gasteiger partial charge on any atom is 0.328 e. The third-order valence-corrected chi connectivity index (χ3v) is 4.91. The molecule has 0 fully saturated rings. The molecule has 8 heteroatoms. The molecular weight excluding hydrogens is 382 g/mol. The zero-order chi connectivity index (χ0) is 21.3. The van der Waals surface area contributed by atoms with Crippen LogP contribution >= 0.6 is 0 Å². The number of para-hydroxylation sites is 1. The number of carbonyl (C=O) groups is 1. The molecule has 2 aromatic carbocycles. The summed E-state index contributed by atoms with van der Waals surface area (Å²) >= 11 is 0. The minimum atomic E-state index is -0.573. The van der Waals surface area contributed by atoms with Crippen LogP contribution in [0.3, 0.4) is 0 Å². The number of rotatable bonds is 6. The number of methoxy groups -OCH3 is 2. The van der Waals surface area contributed by atoms with E-state index in [1.807, 2.05) is 62.4 Å². The third-order valence-electron chi connectivity index (χ3n) is 4.91. The lowest BCUT2D eigenvalue weighted by molar-refractivity contribution is -0.142. The molecule has 0 aliphatic heterocycles. The molecule has 0 bridgehead atoms. The normalized spacial score (nSPS) is 12.3. The Morgan fingerprint density at radius 3 is 2.60 bits per heavy atom. The fourth-order valence-electron chi connectivity index (χ4n) is 3.30. The van der Waals surface area contributed by atoms with Crippen molar-refractivity contribution in [3.63, 3.8) is 0 Å². The largest absolute Gasteiger partial charge is 0.497 e. The van der Waals surface area contributed by atoms with Crippen molar-refractivity contribution in [1.29, 1.82) is 0 Å². The maximum absolute atomic E-state index is 12.3. The average molecular weight is 405 g/mol. The highest BCUT2D eigenvalue weighted by atomic mass is 16.5. The number of esters is 1. The van der Waals surface area contributed by atoms with E-state index in [-0.39, 0.29) is 11.9 Å². The van der Waals surface area contributed by atoms with E-state index >= 15 is 0 Å². The van der Waals surface area contributed by atoms with Gasteiger partial charge in [0, 0.05) is 10.9 Å². The number of hydrogen-bond donors (Lipinski definition) is 1. The predicted molar refractivity (Wildman–Crippen MR) is 115 cm³/mol. The van der Waals surface area contributed by atoms with Crippen molar-refractivity contribution in [2.24, 2.45) is 5.92 Å². The van der Waals surface area contributed by atoms with Crippen molar-refractivity contribution >= 4 is 28.5 Å². The number of ether oxygens (including phenoxy) is 2. The molecule has 0 spiro atoms. The smallest absolute Gasteiger partial charge is 0.328 e. The molecule has 154 valence electrons. The van der Waals surface area contributed by atoms with Crippen LogP contribution in [-0.4, -0.2) is 45.8 Å². The first-order valence-electron chi connectivity index (χ1n) is 9.66. The van der Waals surface area contributed by atoms with Crippen molar-refractivity contribution in [3.05, 3.63) is 48.5 Å². The first-order chi connectivity index (χ1) is 14.5. The van der Waals surface area contributed by atoms with Gasteiger partial charge in [-0.3, -0.25) is 0 Å². The summed E-state index contributed by atoms with van der Waals surface area (Å²) in [5, 5.41) is 8.75. The lowest BCUT2D eigenvalue weighted by Crippen LogP contribution is -2.36. The minimum absolute atomic E-state index is 0.0119. The first-order valence-corrected chi connectivity index (χ1v) is 9.66. The van der Waals surface area contributed by atoms with Crippen LogP contribution in [0.1, 0.15) is 13.8 Å². The molecule has 4 aromatic rings. The van der Waals surface area contributed by atoms with Crippen LogP contribution in [0, 0.1) is 5.92 Å². The Bertz CT molecular complexity index is 1220. The fraction of sp³-hybridized carbons (Fsp3) is 0.273. The molecule has 0 saturated heterocycles. The van der Waals surface area contributed by atoms with Crippen LogP contribution in [0.5, 0.6) is 5.75 Å².